The maximum absolute atomic E-state index is 12.4. The summed E-state index contributed by atoms with van der Waals surface area (Å²) in [6, 6.07) is 6.96. The highest BCUT2D eigenvalue weighted by Crippen LogP contribution is 2.20. The second kappa shape index (κ2) is 8.31. The minimum absolute atomic E-state index is 0.190. The van der Waals surface area contributed by atoms with Gasteiger partial charge in [-0.25, -0.2) is 0 Å². The van der Waals surface area contributed by atoms with E-state index in [1.54, 1.807) is 24.3 Å². The Bertz CT molecular complexity index is 580. The number of hydrogen-bond donors (Lipinski definition) is 2. The first-order valence-electron chi connectivity index (χ1n) is 7.86. The lowest BCUT2D eigenvalue weighted by Crippen LogP contribution is -2.36. The van der Waals surface area contributed by atoms with Crippen LogP contribution in [-0.4, -0.2) is 30.9 Å². The second-order valence-corrected chi connectivity index (χ2v) is 5.66. The fraction of sp³-hybridized carbons (Fsp3) is 0.471. The van der Waals surface area contributed by atoms with Crippen LogP contribution in [0.3, 0.4) is 0 Å². The number of para-hydroxylation sites is 1. The number of methoxy groups -OCH3 is 1. The highest BCUT2D eigenvalue weighted by Gasteiger charge is 2.19. The Labute approximate surface area is 135 Å². The van der Waals surface area contributed by atoms with Gasteiger partial charge in [0, 0.05) is 6.04 Å². The van der Waals surface area contributed by atoms with Crippen LogP contribution in [0.1, 0.15) is 48.9 Å². The van der Waals surface area contributed by atoms with Gasteiger partial charge in [-0.1, -0.05) is 31.4 Å². The lowest BCUT2D eigenvalue weighted by Gasteiger charge is -2.23. The summed E-state index contributed by atoms with van der Waals surface area (Å²) >= 11 is 0. The molecule has 0 bridgehead atoms. The summed E-state index contributed by atoms with van der Waals surface area (Å²) in [6.07, 6.45) is 5.07. The van der Waals surface area contributed by atoms with Crippen LogP contribution in [-0.2, 0) is 14.3 Å². The van der Waals surface area contributed by atoms with Gasteiger partial charge in [-0.2, -0.15) is 0 Å². The molecule has 1 saturated carbocycles. The van der Waals surface area contributed by atoms with E-state index in [1.165, 1.54) is 13.5 Å². The molecule has 2 N–H and O–H groups in total. The third-order valence-corrected chi connectivity index (χ3v) is 3.92. The third kappa shape index (κ3) is 5.09. The van der Waals surface area contributed by atoms with Crippen molar-refractivity contribution in [3.63, 3.8) is 0 Å². The first-order chi connectivity index (χ1) is 11.1. The van der Waals surface area contributed by atoms with Gasteiger partial charge in [-0.15, -0.1) is 0 Å². The van der Waals surface area contributed by atoms with Gasteiger partial charge in [0.25, 0.3) is 5.91 Å². The molecule has 0 heterocycles. The topological polar surface area (TPSA) is 84.5 Å². The summed E-state index contributed by atoms with van der Waals surface area (Å²) in [6.45, 7) is 0. The molecule has 1 aliphatic rings. The number of rotatable bonds is 5. The van der Waals surface area contributed by atoms with Crippen molar-refractivity contribution >= 4 is 23.5 Å². The lowest BCUT2D eigenvalue weighted by molar-refractivity contribution is -0.142. The van der Waals surface area contributed by atoms with E-state index in [0.717, 1.165) is 25.7 Å². The molecule has 6 heteroatoms. The number of hydrogen-bond acceptors (Lipinski definition) is 4. The summed E-state index contributed by atoms with van der Waals surface area (Å²) in [5, 5.41) is 5.61. The van der Waals surface area contributed by atoms with E-state index >= 15 is 0 Å². The van der Waals surface area contributed by atoms with E-state index in [2.05, 4.69) is 15.4 Å². The zero-order chi connectivity index (χ0) is 16.7. The Morgan fingerprint density at radius 3 is 2.52 bits per heavy atom. The molecule has 2 rings (SSSR count). The van der Waals surface area contributed by atoms with Gasteiger partial charge in [0.05, 0.1) is 18.4 Å². The van der Waals surface area contributed by atoms with Crippen molar-refractivity contribution in [2.24, 2.45) is 0 Å². The van der Waals surface area contributed by atoms with Gasteiger partial charge in [-0.3, -0.25) is 14.4 Å². The molecule has 1 fully saturated rings. The molecule has 1 aliphatic carbocycles. The second-order valence-electron chi connectivity index (χ2n) is 5.66. The number of amides is 2. The molecule has 1 aromatic carbocycles. The monoisotopic (exact) mass is 318 g/mol. The minimum atomic E-state index is -0.619. The Kier molecular flexibility index (Phi) is 6.14. The maximum Gasteiger partial charge on any atom is 0.315 e. The van der Waals surface area contributed by atoms with Crippen molar-refractivity contribution in [2.75, 3.05) is 12.4 Å². The van der Waals surface area contributed by atoms with Crippen LogP contribution in [0.25, 0.3) is 0 Å². The molecule has 0 aliphatic heterocycles. The van der Waals surface area contributed by atoms with Gasteiger partial charge in [-0.05, 0) is 25.0 Å². The third-order valence-electron chi connectivity index (χ3n) is 3.92. The van der Waals surface area contributed by atoms with Crippen molar-refractivity contribution in [1.29, 1.82) is 0 Å². The largest absolute Gasteiger partial charge is 0.469 e. The van der Waals surface area contributed by atoms with Crippen LogP contribution in [0.2, 0.25) is 0 Å². The number of carbonyl (C=O) groups is 3. The Morgan fingerprint density at radius 2 is 1.83 bits per heavy atom. The summed E-state index contributed by atoms with van der Waals surface area (Å²) in [4.78, 5) is 35.4. The highest BCUT2D eigenvalue weighted by atomic mass is 16.5. The Morgan fingerprint density at radius 1 is 1.13 bits per heavy atom. The Balaban J connectivity index is 2.02. The van der Waals surface area contributed by atoms with E-state index in [0.29, 0.717) is 11.3 Å². The quantitative estimate of drug-likeness (QED) is 0.644. The molecule has 1 aromatic rings. The van der Waals surface area contributed by atoms with Gasteiger partial charge >= 0.3 is 5.97 Å². The standard InChI is InChI=1S/C17H22N2O4/c1-23-16(21)11-15(20)19-14-10-6-5-9-13(14)17(22)18-12-7-3-2-4-8-12/h5-6,9-10,12H,2-4,7-8,11H2,1H3,(H,18,22)(H,19,20). The first-order valence-corrected chi connectivity index (χ1v) is 7.86. The molecule has 0 radical (unpaired) electrons. The molecule has 0 aromatic heterocycles. The number of ether oxygens (including phenoxy) is 1. The van der Waals surface area contributed by atoms with Crippen LogP contribution in [0.4, 0.5) is 5.69 Å². The van der Waals surface area contributed by atoms with Crippen LogP contribution in [0, 0.1) is 0 Å². The molecule has 0 saturated heterocycles. The number of benzene rings is 1. The first kappa shape index (κ1) is 17.0. The highest BCUT2D eigenvalue weighted by molar-refractivity contribution is 6.07. The van der Waals surface area contributed by atoms with Crippen molar-refractivity contribution in [3.05, 3.63) is 29.8 Å². The van der Waals surface area contributed by atoms with Gasteiger partial charge < -0.3 is 15.4 Å². The van der Waals surface area contributed by atoms with Crippen LogP contribution < -0.4 is 10.6 Å². The minimum Gasteiger partial charge on any atom is -0.469 e. The predicted octanol–water partition coefficient (Wildman–Crippen LogP) is 2.25. The molecule has 0 unspecified atom stereocenters. The van der Waals surface area contributed by atoms with E-state index in [-0.39, 0.29) is 18.4 Å². The molecular weight excluding hydrogens is 296 g/mol. The van der Waals surface area contributed by atoms with Gasteiger partial charge in [0.15, 0.2) is 0 Å². The van der Waals surface area contributed by atoms with E-state index in [4.69, 9.17) is 0 Å². The van der Waals surface area contributed by atoms with Crippen LogP contribution in [0.15, 0.2) is 24.3 Å². The normalized spacial score (nSPS) is 14.8. The van der Waals surface area contributed by atoms with E-state index in [1.807, 2.05) is 0 Å². The number of carbonyl (C=O) groups excluding carboxylic acids is 3. The van der Waals surface area contributed by atoms with E-state index < -0.39 is 11.9 Å². The molecule has 0 atom stereocenters. The number of nitrogens with one attached hydrogen (secondary N) is 2. The smallest absolute Gasteiger partial charge is 0.315 e. The molecular formula is C17H22N2O4. The van der Waals surface area contributed by atoms with Crippen molar-refractivity contribution in [3.8, 4) is 0 Å². The zero-order valence-electron chi connectivity index (χ0n) is 13.3. The molecule has 23 heavy (non-hydrogen) atoms. The lowest BCUT2D eigenvalue weighted by atomic mass is 9.95. The summed E-state index contributed by atoms with van der Waals surface area (Å²) in [5.74, 6) is -1.33. The predicted molar refractivity (Wildman–Crippen MR) is 86.0 cm³/mol. The summed E-state index contributed by atoms with van der Waals surface area (Å²) in [5.41, 5.74) is 0.797. The van der Waals surface area contributed by atoms with Crippen molar-refractivity contribution in [1.82, 2.24) is 5.32 Å². The summed E-state index contributed by atoms with van der Waals surface area (Å²) < 4.78 is 4.46. The fourth-order valence-electron chi connectivity index (χ4n) is 2.70. The van der Waals surface area contributed by atoms with Gasteiger partial charge in [0.1, 0.15) is 6.42 Å². The molecule has 0 spiro atoms. The van der Waals surface area contributed by atoms with E-state index in [9.17, 15) is 14.4 Å². The van der Waals surface area contributed by atoms with Crippen molar-refractivity contribution < 1.29 is 19.1 Å². The summed E-state index contributed by atoms with van der Waals surface area (Å²) in [7, 11) is 1.22. The van der Waals surface area contributed by atoms with Crippen LogP contribution in [0.5, 0.6) is 0 Å². The average molecular weight is 318 g/mol. The Hall–Kier alpha value is -2.37. The SMILES string of the molecule is COC(=O)CC(=O)Nc1ccccc1C(=O)NC1CCCCC1. The van der Waals surface area contributed by atoms with Gasteiger partial charge in [0.2, 0.25) is 5.91 Å². The molecule has 124 valence electrons. The van der Waals surface area contributed by atoms with Crippen LogP contribution >= 0.6 is 0 Å². The number of anilines is 1. The van der Waals surface area contributed by atoms with Crippen molar-refractivity contribution in [2.45, 2.75) is 44.6 Å². The fourth-order valence-corrected chi connectivity index (χ4v) is 2.70. The zero-order valence-corrected chi connectivity index (χ0v) is 13.3. The maximum atomic E-state index is 12.4. The molecule has 2 amide bonds. The average Bonchev–Trinajstić information content (AvgIpc) is 2.56. The molecule has 6 nitrogen and oxygen atoms in total. The number of esters is 1.